The van der Waals surface area contributed by atoms with E-state index in [9.17, 15) is 4.39 Å². The number of rotatable bonds is 6. The molecule has 0 aliphatic rings. The van der Waals surface area contributed by atoms with Crippen molar-refractivity contribution in [2.24, 2.45) is 5.84 Å². The Hall–Kier alpha value is -1.23. The Morgan fingerprint density at radius 2 is 1.85 bits per heavy atom. The van der Waals surface area contributed by atoms with Gasteiger partial charge < -0.3 is 0 Å². The predicted octanol–water partition coefficient (Wildman–Crippen LogP) is 4.12. The van der Waals surface area contributed by atoms with E-state index >= 15 is 0 Å². The van der Waals surface area contributed by atoms with Gasteiger partial charge in [-0.25, -0.2) is 4.39 Å². The Morgan fingerprint density at radius 3 is 2.55 bits per heavy atom. The molecule has 0 aromatic heterocycles. The molecule has 2 aromatic carbocycles. The van der Waals surface area contributed by atoms with Crippen LogP contribution in [-0.4, -0.2) is 0 Å². The van der Waals surface area contributed by atoms with Crippen molar-refractivity contribution in [1.82, 2.24) is 5.43 Å². The van der Waals surface area contributed by atoms with Crippen LogP contribution in [0.3, 0.4) is 0 Å². The van der Waals surface area contributed by atoms with Crippen LogP contribution in [-0.2, 0) is 6.42 Å². The number of hydrogen-bond acceptors (Lipinski definition) is 2. The van der Waals surface area contributed by atoms with E-state index in [1.807, 2.05) is 24.3 Å². The van der Waals surface area contributed by atoms with Crippen LogP contribution in [0.5, 0.6) is 0 Å². The molecule has 0 saturated carbocycles. The van der Waals surface area contributed by atoms with E-state index in [0.29, 0.717) is 10.0 Å². The van der Waals surface area contributed by atoms with Gasteiger partial charge in [-0.05, 0) is 46.8 Å². The molecular formula is C16H18BrFN2. The fraction of sp³-hybridized carbons (Fsp3) is 0.250. The zero-order valence-electron chi connectivity index (χ0n) is 11.2. The van der Waals surface area contributed by atoms with Gasteiger partial charge >= 0.3 is 0 Å². The normalized spacial score (nSPS) is 12.3. The Morgan fingerprint density at radius 1 is 1.10 bits per heavy atom. The first-order chi connectivity index (χ1) is 9.72. The quantitative estimate of drug-likeness (QED) is 0.615. The van der Waals surface area contributed by atoms with E-state index in [-0.39, 0.29) is 11.9 Å². The molecule has 0 heterocycles. The lowest BCUT2D eigenvalue weighted by Crippen LogP contribution is -2.28. The minimum absolute atomic E-state index is 0.170. The van der Waals surface area contributed by atoms with Gasteiger partial charge in [-0.2, -0.15) is 0 Å². The van der Waals surface area contributed by atoms with Crippen molar-refractivity contribution in [3.05, 3.63) is 69.9 Å². The predicted molar refractivity (Wildman–Crippen MR) is 83.5 cm³/mol. The fourth-order valence-corrected chi connectivity index (χ4v) is 2.65. The average Bonchev–Trinajstić information content (AvgIpc) is 2.48. The molecule has 0 aliphatic heterocycles. The molecule has 0 spiro atoms. The van der Waals surface area contributed by atoms with Gasteiger partial charge in [-0.1, -0.05) is 42.5 Å². The number of hydrogen-bond donors (Lipinski definition) is 2. The molecule has 2 aromatic rings. The molecular weight excluding hydrogens is 319 g/mol. The van der Waals surface area contributed by atoms with Crippen LogP contribution in [0, 0.1) is 5.82 Å². The summed E-state index contributed by atoms with van der Waals surface area (Å²) < 4.78 is 14.5. The standard InChI is InChI=1S/C16H18BrFN2/c17-14-10-5-9-13(16(14)18)15(20-19)11-4-8-12-6-2-1-3-7-12/h1-3,5-7,9-10,15,20H,4,8,11,19H2. The maximum atomic E-state index is 14.0. The third-order valence-electron chi connectivity index (χ3n) is 3.36. The molecule has 2 nitrogen and oxygen atoms in total. The molecule has 1 atom stereocenters. The minimum Gasteiger partial charge on any atom is -0.271 e. The van der Waals surface area contributed by atoms with Crippen LogP contribution in [0.15, 0.2) is 53.0 Å². The maximum absolute atomic E-state index is 14.0. The van der Waals surface area contributed by atoms with Gasteiger partial charge in [0.1, 0.15) is 5.82 Å². The smallest absolute Gasteiger partial charge is 0.142 e. The molecule has 4 heteroatoms. The monoisotopic (exact) mass is 336 g/mol. The van der Waals surface area contributed by atoms with Gasteiger partial charge in [-0.15, -0.1) is 0 Å². The van der Waals surface area contributed by atoms with Gasteiger partial charge in [0, 0.05) is 11.6 Å². The van der Waals surface area contributed by atoms with E-state index < -0.39 is 0 Å². The number of benzene rings is 2. The third kappa shape index (κ3) is 3.88. The van der Waals surface area contributed by atoms with Crippen molar-refractivity contribution in [1.29, 1.82) is 0 Å². The van der Waals surface area contributed by atoms with Crippen LogP contribution in [0.2, 0.25) is 0 Å². The third-order valence-corrected chi connectivity index (χ3v) is 3.97. The zero-order chi connectivity index (χ0) is 14.4. The minimum atomic E-state index is -0.241. The van der Waals surface area contributed by atoms with Crippen molar-refractivity contribution >= 4 is 15.9 Å². The maximum Gasteiger partial charge on any atom is 0.142 e. The summed E-state index contributed by atoms with van der Waals surface area (Å²) in [5, 5.41) is 0. The second kappa shape index (κ2) is 7.53. The van der Waals surface area contributed by atoms with Crippen molar-refractivity contribution in [2.45, 2.75) is 25.3 Å². The highest BCUT2D eigenvalue weighted by atomic mass is 79.9. The van der Waals surface area contributed by atoms with Crippen molar-refractivity contribution in [2.75, 3.05) is 0 Å². The molecule has 0 saturated heterocycles. The number of aryl methyl sites for hydroxylation is 1. The first kappa shape index (κ1) is 15.2. The van der Waals surface area contributed by atoms with E-state index in [0.717, 1.165) is 19.3 Å². The van der Waals surface area contributed by atoms with E-state index in [4.69, 9.17) is 5.84 Å². The van der Waals surface area contributed by atoms with Crippen LogP contribution in [0.25, 0.3) is 0 Å². The number of nitrogens with one attached hydrogen (secondary N) is 1. The van der Waals surface area contributed by atoms with Gasteiger partial charge in [0.05, 0.1) is 4.47 Å². The van der Waals surface area contributed by atoms with Crippen LogP contribution in [0.1, 0.15) is 30.0 Å². The highest BCUT2D eigenvalue weighted by molar-refractivity contribution is 9.10. The molecule has 2 rings (SSSR count). The molecule has 1 unspecified atom stereocenters. The number of halogens is 2. The first-order valence-electron chi connectivity index (χ1n) is 6.66. The summed E-state index contributed by atoms with van der Waals surface area (Å²) >= 11 is 3.20. The molecule has 0 aliphatic carbocycles. The molecule has 106 valence electrons. The largest absolute Gasteiger partial charge is 0.271 e. The van der Waals surface area contributed by atoms with E-state index in [2.05, 4.69) is 33.5 Å². The summed E-state index contributed by atoms with van der Waals surface area (Å²) in [4.78, 5) is 0. The highest BCUT2D eigenvalue weighted by Crippen LogP contribution is 2.26. The molecule has 20 heavy (non-hydrogen) atoms. The lowest BCUT2D eigenvalue weighted by atomic mass is 9.99. The SMILES string of the molecule is NNC(CCCc1ccccc1)c1cccc(Br)c1F. The Labute approximate surface area is 127 Å². The molecule has 0 bridgehead atoms. The van der Waals surface area contributed by atoms with Crippen molar-refractivity contribution < 1.29 is 4.39 Å². The van der Waals surface area contributed by atoms with Gasteiger partial charge in [0.25, 0.3) is 0 Å². The van der Waals surface area contributed by atoms with E-state index in [1.54, 1.807) is 12.1 Å². The van der Waals surface area contributed by atoms with Gasteiger partial charge in [0.2, 0.25) is 0 Å². The average molecular weight is 337 g/mol. The fourth-order valence-electron chi connectivity index (χ4n) is 2.27. The Bertz CT molecular complexity index is 545. The van der Waals surface area contributed by atoms with Crippen LogP contribution >= 0.6 is 15.9 Å². The number of nitrogens with two attached hydrogens (primary N) is 1. The lowest BCUT2D eigenvalue weighted by molar-refractivity contribution is 0.471. The van der Waals surface area contributed by atoms with Gasteiger partial charge in [0.15, 0.2) is 0 Å². The summed E-state index contributed by atoms with van der Waals surface area (Å²) in [5.74, 6) is 5.33. The summed E-state index contributed by atoms with van der Waals surface area (Å²) in [6.07, 6.45) is 2.71. The van der Waals surface area contributed by atoms with Crippen LogP contribution in [0.4, 0.5) is 4.39 Å². The molecule has 0 amide bonds. The Balaban J connectivity index is 1.97. The summed E-state index contributed by atoms with van der Waals surface area (Å²) in [6, 6.07) is 15.4. The first-order valence-corrected chi connectivity index (χ1v) is 7.45. The summed E-state index contributed by atoms with van der Waals surface area (Å²) in [6.45, 7) is 0. The lowest BCUT2D eigenvalue weighted by Gasteiger charge is -2.17. The second-order valence-corrected chi connectivity index (χ2v) is 5.59. The van der Waals surface area contributed by atoms with Crippen molar-refractivity contribution in [3.8, 4) is 0 Å². The summed E-state index contributed by atoms with van der Waals surface area (Å²) in [7, 11) is 0. The molecule has 0 radical (unpaired) electrons. The van der Waals surface area contributed by atoms with E-state index in [1.165, 1.54) is 5.56 Å². The topological polar surface area (TPSA) is 38.0 Å². The Kier molecular flexibility index (Phi) is 5.71. The highest BCUT2D eigenvalue weighted by Gasteiger charge is 2.15. The zero-order valence-corrected chi connectivity index (χ0v) is 12.7. The van der Waals surface area contributed by atoms with Gasteiger partial charge in [-0.3, -0.25) is 11.3 Å². The second-order valence-electron chi connectivity index (χ2n) is 4.74. The number of hydrazine groups is 1. The van der Waals surface area contributed by atoms with Crippen LogP contribution < -0.4 is 11.3 Å². The van der Waals surface area contributed by atoms with Crippen molar-refractivity contribution in [3.63, 3.8) is 0 Å². The summed E-state index contributed by atoms with van der Waals surface area (Å²) in [5.41, 5.74) is 4.61. The molecule has 0 fully saturated rings. The molecule has 3 N–H and O–H groups in total.